The molecular weight excluding hydrogens is 142 g/mol. The second kappa shape index (κ2) is 4.21. The molecule has 1 amide bonds. The van der Waals surface area contributed by atoms with Crippen molar-refractivity contribution >= 4 is 6.09 Å². The average molecular weight is 157 g/mol. The minimum Gasteiger partial charge on any atom is -0.453 e. The molecule has 11 heavy (non-hydrogen) atoms. The Hall–Kier alpha value is -0.730. The van der Waals surface area contributed by atoms with Gasteiger partial charge in [0.2, 0.25) is 0 Å². The van der Waals surface area contributed by atoms with E-state index in [1.807, 2.05) is 0 Å². The Labute approximate surface area is 67.3 Å². The molecule has 1 aliphatic heterocycles. The number of carbonyl (C=O) groups is 1. The smallest absolute Gasteiger partial charge is 0.409 e. The lowest BCUT2D eigenvalue weighted by atomic mass is 10.2. The van der Waals surface area contributed by atoms with Crippen LogP contribution in [0.1, 0.15) is 25.7 Å². The monoisotopic (exact) mass is 157 g/mol. The van der Waals surface area contributed by atoms with Crippen LogP contribution in [0.5, 0.6) is 0 Å². The van der Waals surface area contributed by atoms with Gasteiger partial charge in [-0.3, -0.25) is 0 Å². The number of amides is 1. The van der Waals surface area contributed by atoms with Crippen molar-refractivity contribution in [3.8, 4) is 0 Å². The first-order valence-electron chi connectivity index (χ1n) is 4.17. The second-order valence-corrected chi connectivity index (χ2v) is 2.87. The number of carbonyl (C=O) groups excluding carboxylic acids is 1. The molecule has 0 aliphatic carbocycles. The molecule has 3 heteroatoms. The highest BCUT2D eigenvalue weighted by Gasteiger charge is 2.14. The summed E-state index contributed by atoms with van der Waals surface area (Å²) in [5.41, 5.74) is 0. The highest BCUT2D eigenvalue weighted by Crippen LogP contribution is 2.09. The average Bonchev–Trinajstić information content (AvgIpc) is 2.30. The van der Waals surface area contributed by atoms with Crippen molar-refractivity contribution in [3.05, 3.63) is 0 Å². The third-order valence-corrected chi connectivity index (χ3v) is 2.04. The van der Waals surface area contributed by atoms with E-state index in [0.717, 1.165) is 25.9 Å². The number of nitrogens with zero attached hydrogens (tertiary/aromatic N) is 1. The van der Waals surface area contributed by atoms with Gasteiger partial charge in [-0.05, 0) is 12.8 Å². The van der Waals surface area contributed by atoms with E-state index in [-0.39, 0.29) is 6.09 Å². The SMILES string of the molecule is COC(=O)N1CCCCCC1. The van der Waals surface area contributed by atoms with Crippen LogP contribution >= 0.6 is 0 Å². The Morgan fingerprint density at radius 2 is 1.73 bits per heavy atom. The van der Waals surface area contributed by atoms with Gasteiger partial charge in [-0.15, -0.1) is 0 Å². The Morgan fingerprint density at radius 3 is 2.18 bits per heavy atom. The predicted octanol–water partition coefficient (Wildman–Crippen LogP) is 1.63. The first-order valence-corrected chi connectivity index (χ1v) is 4.17. The standard InChI is InChI=1S/C8H15NO2/c1-11-8(10)9-6-4-2-3-5-7-9/h2-7H2,1H3. The molecule has 0 aromatic carbocycles. The largest absolute Gasteiger partial charge is 0.453 e. The number of methoxy groups -OCH3 is 1. The predicted molar refractivity (Wildman–Crippen MR) is 42.4 cm³/mol. The van der Waals surface area contributed by atoms with Crippen molar-refractivity contribution in [2.45, 2.75) is 25.7 Å². The van der Waals surface area contributed by atoms with Gasteiger partial charge < -0.3 is 9.64 Å². The number of rotatable bonds is 0. The maximum Gasteiger partial charge on any atom is 0.409 e. The molecule has 0 atom stereocenters. The minimum atomic E-state index is -0.174. The normalized spacial score (nSPS) is 19.2. The third-order valence-electron chi connectivity index (χ3n) is 2.04. The summed E-state index contributed by atoms with van der Waals surface area (Å²) >= 11 is 0. The molecule has 1 rings (SSSR count). The van der Waals surface area contributed by atoms with Gasteiger partial charge >= 0.3 is 6.09 Å². The number of likely N-dealkylation sites (tertiary alicyclic amines) is 1. The van der Waals surface area contributed by atoms with Crippen LogP contribution in [0.4, 0.5) is 4.79 Å². The molecule has 64 valence electrons. The van der Waals surface area contributed by atoms with Gasteiger partial charge in [0.05, 0.1) is 7.11 Å². The molecule has 0 unspecified atom stereocenters. The van der Waals surface area contributed by atoms with Gasteiger partial charge in [0, 0.05) is 13.1 Å². The molecule has 0 spiro atoms. The zero-order valence-corrected chi connectivity index (χ0v) is 7.01. The highest BCUT2D eigenvalue weighted by molar-refractivity contribution is 5.67. The minimum absolute atomic E-state index is 0.174. The zero-order valence-electron chi connectivity index (χ0n) is 7.01. The Balaban J connectivity index is 2.36. The van der Waals surface area contributed by atoms with E-state index in [9.17, 15) is 4.79 Å². The van der Waals surface area contributed by atoms with Crippen LogP contribution in [0.25, 0.3) is 0 Å². The molecule has 0 N–H and O–H groups in total. The molecule has 0 bridgehead atoms. The van der Waals surface area contributed by atoms with Crippen LogP contribution in [0.3, 0.4) is 0 Å². The van der Waals surface area contributed by atoms with E-state index in [1.54, 1.807) is 4.90 Å². The Kier molecular flexibility index (Phi) is 3.20. The van der Waals surface area contributed by atoms with E-state index in [2.05, 4.69) is 4.74 Å². The topological polar surface area (TPSA) is 29.5 Å². The summed E-state index contributed by atoms with van der Waals surface area (Å²) in [5.74, 6) is 0. The van der Waals surface area contributed by atoms with Gasteiger partial charge in [0.15, 0.2) is 0 Å². The van der Waals surface area contributed by atoms with E-state index in [1.165, 1.54) is 20.0 Å². The van der Waals surface area contributed by atoms with Crippen LogP contribution in [0.2, 0.25) is 0 Å². The lowest BCUT2D eigenvalue weighted by molar-refractivity contribution is 0.125. The van der Waals surface area contributed by atoms with Crippen molar-refractivity contribution in [2.24, 2.45) is 0 Å². The highest BCUT2D eigenvalue weighted by atomic mass is 16.5. The van der Waals surface area contributed by atoms with Gasteiger partial charge in [0.1, 0.15) is 0 Å². The lowest BCUT2D eigenvalue weighted by Gasteiger charge is -2.17. The number of hydrogen-bond acceptors (Lipinski definition) is 2. The fourth-order valence-electron chi connectivity index (χ4n) is 1.38. The third kappa shape index (κ3) is 2.41. The van der Waals surface area contributed by atoms with Crippen LogP contribution in [-0.4, -0.2) is 31.2 Å². The summed E-state index contributed by atoms with van der Waals surface area (Å²) in [6.07, 6.45) is 4.55. The van der Waals surface area contributed by atoms with Gasteiger partial charge in [-0.25, -0.2) is 4.79 Å². The first kappa shape index (κ1) is 8.37. The lowest BCUT2D eigenvalue weighted by Crippen LogP contribution is -2.31. The maximum atomic E-state index is 11.0. The Morgan fingerprint density at radius 1 is 1.18 bits per heavy atom. The van der Waals surface area contributed by atoms with Crippen LogP contribution < -0.4 is 0 Å². The van der Waals surface area contributed by atoms with E-state index < -0.39 is 0 Å². The van der Waals surface area contributed by atoms with Crippen molar-refractivity contribution in [1.82, 2.24) is 4.90 Å². The van der Waals surface area contributed by atoms with Gasteiger partial charge in [-0.1, -0.05) is 12.8 Å². The molecule has 1 heterocycles. The molecule has 0 aromatic heterocycles. The van der Waals surface area contributed by atoms with Gasteiger partial charge in [-0.2, -0.15) is 0 Å². The molecular formula is C8H15NO2. The second-order valence-electron chi connectivity index (χ2n) is 2.87. The van der Waals surface area contributed by atoms with Gasteiger partial charge in [0.25, 0.3) is 0 Å². The van der Waals surface area contributed by atoms with E-state index in [4.69, 9.17) is 0 Å². The summed E-state index contributed by atoms with van der Waals surface area (Å²) in [5, 5.41) is 0. The van der Waals surface area contributed by atoms with E-state index in [0.29, 0.717) is 0 Å². The Bertz CT molecular complexity index is 128. The van der Waals surface area contributed by atoms with Crippen LogP contribution in [-0.2, 0) is 4.74 Å². The molecule has 1 aliphatic rings. The summed E-state index contributed by atoms with van der Waals surface area (Å²) < 4.78 is 4.63. The molecule has 0 radical (unpaired) electrons. The molecule has 3 nitrogen and oxygen atoms in total. The summed E-state index contributed by atoms with van der Waals surface area (Å²) in [4.78, 5) is 12.8. The molecule has 0 saturated carbocycles. The van der Waals surface area contributed by atoms with Crippen molar-refractivity contribution < 1.29 is 9.53 Å². The number of ether oxygens (including phenoxy) is 1. The molecule has 1 fully saturated rings. The maximum absolute atomic E-state index is 11.0. The molecule has 1 saturated heterocycles. The summed E-state index contributed by atoms with van der Waals surface area (Å²) in [6, 6.07) is 0. The summed E-state index contributed by atoms with van der Waals surface area (Å²) in [6.45, 7) is 1.74. The van der Waals surface area contributed by atoms with Crippen molar-refractivity contribution in [1.29, 1.82) is 0 Å². The quantitative estimate of drug-likeness (QED) is 0.535. The fourth-order valence-corrected chi connectivity index (χ4v) is 1.38. The van der Waals surface area contributed by atoms with Crippen molar-refractivity contribution in [2.75, 3.05) is 20.2 Å². The molecule has 0 aromatic rings. The zero-order chi connectivity index (χ0) is 8.10. The van der Waals surface area contributed by atoms with E-state index >= 15 is 0 Å². The fraction of sp³-hybridized carbons (Fsp3) is 0.875. The van der Waals surface area contributed by atoms with Crippen LogP contribution in [0, 0.1) is 0 Å². The van der Waals surface area contributed by atoms with Crippen molar-refractivity contribution in [3.63, 3.8) is 0 Å². The van der Waals surface area contributed by atoms with Crippen LogP contribution in [0.15, 0.2) is 0 Å². The first-order chi connectivity index (χ1) is 5.34. The summed E-state index contributed by atoms with van der Waals surface area (Å²) in [7, 11) is 1.44. The number of hydrogen-bond donors (Lipinski definition) is 0.